The van der Waals surface area contributed by atoms with Gasteiger partial charge in [-0.15, -0.1) is 0 Å². The topological polar surface area (TPSA) is 67.2 Å². The number of hydrogen-bond acceptors (Lipinski definition) is 4. The Balaban J connectivity index is 1.67. The summed E-state index contributed by atoms with van der Waals surface area (Å²) in [5, 5.41) is 0.884. The zero-order chi connectivity index (χ0) is 21.6. The number of nitrogens with zero attached hydrogens (tertiary/aromatic N) is 3. The van der Waals surface area contributed by atoms with Crippen molar-refractivity contribution in [3.63, 3.8) is 0 Å². The second kappa shape index (κ2) is 7.72. The number of benzene rings is 2. The van der Waals surface area contributed by atoms with Crippen molar-refractivity contribution in [1.82, 2.24) is 9.66 Å². The van der Waals surface area contributed by atoms with Crippen LogP contribution in [0.5, 0.6) is 0 Å². The monoisotopic (exact) mass is 428 g/mol. The van der Waals surface area contributed by atoms with Crippen molar-refractivity contribution in [3.05, 3.63) is 69.2 Å². The van der Waals surface area contributed by atoms with Crippen LogP contribution in [0.15, 0.2) is 47.3 Å². The average molecular weight is 429 g/mol. The molecule has 3 aromatic rings. The lowest BCUT2D eigenvalue weighted by Crippen LogP contribution is -2.41. The summed E-state index contributed by atoms with van der Waals surface area (Å²) in [7, 11) is 1.77. The standard InChI is InChI=1S/C22H22ClFN4O2/c1-12(2)27(3)22-25-19-10-15(24)8-9-16(19)21(30)28(22)26-20(29)18-11-17(18)13-4-6-14(23)7-5-13/h4-10,12,17-18H,11H2,1-3H3,(H,26,29). The lowest BCUT2D eigenvalue weighted by molar-refractivity contribution is -0.118. The molecular weight excluding hydrogens is 407 g/mol. The Hall–Kier alpha value is -2.93. The van der Waals surface area contributed by atoms with Gasteiger partial charge in [0, 0.05) is 30.1 Å². The highest BCUT2D eigenvalue weighted by Gasteiger charge is 2.44. The van der Waals surface area contributed by atoms with Crippen LogP contribution in [0.4, 0.5) is 10.3 Å². The molecule has 1 heterocycles. The van der Waals surface area contributed by atoms with Gasteiger partial charge in [0.15, 0.2) is 0 Å². The van der Waals surface area contributed by atoms with E-state index >= 15 is 0 Å². The van der Waals surface area contributed by atoms with Gasteiger partial charge in [-0.05, 0) is 56.0 Å². The summed E-state index contributed by atoms with van der Waals surface area (Å²) in [5.41, 5.74) is 3.58. The molecule has 0 bridgehead atoms. The molecule has 1 aliphatic rings. The van der Waals surface area contributed by atoms with Crippen LogP contribution < -0.4 is 15.9 Å². The van der Waals surface area contributed by atoms with Gasteiger partial charge in [0.05, 0.1) is 10.9 Å². The van der Waals surface area contributed by atoms with Gasteiger partial charge in [-0.2, -0.15) is 4.68 Å². The van der Waals surface area contributed by atoms with Crippen LogP contribution in [0, 0.1) is 11.7 Å². The van der Waals surface area contributed by atoms with Crippen LogP contribution in [-0.4, -0.2) is 28.7 Å². The third kappa shape index (κ3) is 3.77. The Kier molecular flexibility index (Phi) is 5.24. The Morgan fingerprint density at radius 1 is 1.27 bits per heavy atom. The van der Waals surface area contributed by atoms with E-state index in [0.717, 1.165) is 5.56 Å². The predicted molar refractivity (Wildman–Crippen MR) is 116 cm³/mol. The molecule has 30 heavy (non-hydrogen) atoms. The summed E-state index contributed by atoms with van der Waals surface area (Å²) >= 11 is 5.94. The summed E-state index contributed by atoms with van der Waals surface area (Å²) in [6.07, 6.45) is 0.698. The van der Waals surface area contributed by atoms with Crippen molar-refractivity contribution >= 4 is 34.4 Å². The molecule has 4 rings (SSSR count). The summed E-state index contributed by atoms with van der Waals surface area (Å²) in [6, 6.07) is 11.3. The third-order valence-corrected chi connectivity index (χ3v) is 5.80. The van der Waals surface area contributed by atoms with E-state index in [1.807, 2.05) is 26.0 Å². The minimum Gasteiger partial charge on any atom is -0.341 e. The molecule has 0 radical (unpaired) electrons. The maximum absolute atomic E-state index is 13.7. The zero-order valence-corrected chi connectivity index (χ0v) is 17.7. The minimum atomic E-state index is -0.474. The minimum absolute atomic E-state index is 0.00815. The SMILES string of the molecule is CC(C)N(C)c1nc2cc(F)ccc2c(=O)n1NC(=O)C1CC1c1ccc(Cl)cc1. The molecule has 1 aliphatic carbocycles. The molecule has 0 aliphatic heterocycles. The number of carbonyl (C=O) groups is 1. The van der Waals surface area contributed by atoms with Crippen LogP contribution in [-0.2, 0) is 4.79 Å². The van der Waals surface area contributed by atoms with Gasteiger partial charge in [0.1, 0.15) is 5.82 Å². The number of aromatic nitrogens is 2. The number of rotatable bonds is 5. The van der Waals surface area contributed by atoms with Crippen molar-refractivity contribution in [1.29, 1.82) is 0 Å². The van der Waals surface area contributed by atoms with Crippen LogP contribution >= 0.6 is 11.6 Å². The Bertz CT molecular complexity index is 1180. The van der Waals surface area contributed by atoms with Gasteiger partial charge in [0.25, 0.3) is 5.56 Å². The highest BCUT2D eigenvalue weighted by molar-refractivity contribution is 6.30. The van der Waals surface area contributed by atoms with Crippen molar-refractivity contribution in [2.24, 2.45) is 5.92 Å². The fourth-order valence-corrected chi connectivity index (χ4v) is 3.60. The van der Waals surface area contributed by atoms with Crippen LogP contribution in [0.25, 0.3) is 10.9 Å². The Morgan fingerprint density at radius 3 is 2.63 bits per heavy atom. The number of hydrogen-bond donors (Lipinski definition) is 1. The quantitative estimate of drug-likeness (QED) is 0.669. The first kappa shape index (κ1) is 20.3. The maximum atomic E-state index is 13.7. The third-order valence-electron chi connectivity index (χ3n) is 5.55. The molecule has 2 unspecified atom stereocenters. The number of nitrogens with one attached hydrogen (secondary N) is 1. The first-order valence-corrected chi connectivity index (χ1v) is 10.2. The Labute approximate surface area is 178 Å². The molecule has 0 spiro atoms. The maximum Gasteiger partial charge on any atom is 0.281 e. The summed E-state index contributed by atoms with van der Waals surface area (Å²) in [4.78, 5) is 32.2. The van der Waals surface area contributed by atoms with Gasteiger partial charge < -0.3 is 4.90 Å². The van der Waals surface area contributed by atoms with Crippen molar-refractivity contribution in [2.45, 2.75) is 32.2 Å². The van der Waals surface area contributed by atoms with Crippen LogP contribution in [0.3, 0.4) is 0 Å². The van der Waals surface area contributed by atoms with E-state index in [9.17, 15) is 14.0 Å². The molecule has 2 atom stereocenters. The first-order chi connectivity index (χ1) is 14.3. The van der Waals surface area contributed by atoms with E-state index in [4.69, 9.17) is 11.6 Å². The van der Waals surface area contributed by atoms with E-state index < -0.39 is 11.4 Å². The van der Waals surface area contributed by atoms with Crippen molar-refractivity contribution in [3.8, 4) is 0 Å². The van der Waals surface area contributed by atoms with E-state index in [0.29, 0.717) is 11.4 Å². The average Bonchev–Trinajstić information content (AvgIpc) is 3.50. The number of anilines is 1. The van der Waals surface area contributed by atoms with E-state index in [1.165, 1.54) is 22.9 Å². The first-order valence-electron chi connectivity index (χ1n) is 9.77. The summed E-state index contributed by atoms with van der Waals surface area (Å²) in [5.74, 6) is -0.618. The molecular formula is C22H22ClFN4O2. The molecule has 6 nitrogen and oxygen atoms in total. The normalized spacial score (nSPS) is 17.9. The molecule has 1 fully saturated rings. The van der Waals surface area contributed by atoms with Gasteiger partial charge >= 0.3 is 0 Å². The van der Waals surface area contributed by atoms with Gasteiger partial charge in [-0.3, -0.25) is 15.0 Å². The molecule has 1 aromatic heterocycles. The molecule has 0 saturated heterocycles. The molecule has 8 heteroatoms. The smallest absolute Gasteiger partial charge is 0.281 e. The fourth-order valence-electron chi connectivity index (χ4n) is 3.47. The van der Waals surface area contributed by atoms with Crippen molar-refractivity contribution in [2.75, 3.05) is 17.4 Å². The van der Waals surface area contributed by atoms with Crippen LogP contribution in [0.1, 0.15) is 31.7 Å². The van der Waals surface area contributed by atoms with E-state index in [-0.39, 0.29) is 40.6 Å². The van der Waals surface area contributed by atoms with Gasteiger partial charge in [-0.25, -0.2) is 9.37 Å². The van der Waals surface area contributed by atoms with Gasteiger partial charge in [0.2, 0.25) is 11.9 Å². The second-order valence-corrected chi connectivity index (χ2v) is 8.33. The number of fused-ring (bicyclic) bond motifs is 1. The van der Waals surface area contributed by atoms with Crippen LogP contribution in [0.2, 0.25) is 5.02 Å². The highest BCUT2D eigenvalue weighted by Crippen LogP contribution is 2.47. The van der Waals surface area contributed by atoms with E-state index in [1.54, 1.807) is 24.1 Å². The number of carbonyl (C=O) groups excluding carboxylic acids is 1. The van der Waals surface area contributed by atoms with Gasteiger partial charge in [-0.1, -0.05) is 23.7 Å². The lowest BCUT2D eigenvalue weighted by Gasteiger charge is -2.26. The Morgan fingerprint density at radius 2 is 1.97 bits per heavy atom. The molecule has 2 aromatic carbocycles. The lowest BCUT2D eigenvalue weighted by atomic mass is 10.1. The molecule has 1 saturated carbocycles. The summed E-state index contributed by atoms with van der Waals surface area (Å²) in [6.45, 7) is 3.87. The second-order valence-electron chi connectivity index (χ2n) is 7.89. The fraction of sp³-hybridized carbons (Fsp3) is 0.318. The molecule has 156 valence electrons. The molecule has 1 N–H and O–H groups in total. The number of amides is 1. The summed E-state index contributed by atoms with van der Waals surface area (Å²) < 4.78 is 14.8. The highest BCUT2D eigenvalue weighted by atomic mass is 35.5. The van der Waals surface area contributed by atoms with E-state index in [2.05, 4.69) is 10.4 Å². The zero-order valence-electron chi connectivity index (χ0n) is 16.9. The van der Waals surface area contributed by atoms with Crippen molar-refractivity contribution < 1.29 is 9.18 Å². The predicted octanol–water partition coefficient (Wildman–Crippen LogP) is 3.91. The largest absolute Gasteiger partial charge is 0.341 e. The molecule has 1 amide bonds. The number of halogens is 2.